The van der Waals surface area contributed by atoms with E-state index in [9.17, 15) is 4.79 Å². The second-order valence-corrected chi connectivity index (χ2v) is 7.07. The van der Waals surface area contributed by atoms with E-state index in [-0.39, 0.29) is 12.5 Å². The number of nitrogens with zero attached hydrogens (tertiary/aromatic N) is 4. The zero-order valence-corrected chi connectivity index (χ0v) is 15.3. The van der Waals surface area contributed by atoms with E-state index < -0.39 is 0 Å². The van der Waals surface area contributed by atoms with E-state index in [1.54, 1.807) is 11.7 Å². The average molecular weight is 373 g/mol. The van der Waals surface area contributed by atoms with E-state index in [0.717, 1.165) is 42.7 Å². The van der Waals surface area contributed by atoms with Gasteiger partial charge >= 0.3 is 0 Å². The summed E-state index contributed by atoms with van der Waals surface area (Å²) in [6.45, 7) is 2.15. The molecule has 3 aromatic rings. The zero-order valence-electron chi connectivity index (χ0n) is 14.6. The number of carbonyl (C=O) groups excluding carboxylic acids is 1. The standard InChI is InChI=1S/C18H21ClN6O/c1-24-18(22-17(23-24)13-4-7-20-8-5-13)21-16(26)11-25-9-6-12-2-3-14(19)10-15(12)25/h2-3,6,9-10,13,20H,4-5,7-8,11H2,1H3,(H,21,22,23,26). The maximum absolute atomic E-state index is 12.5. The number of anilines is 1. The number of aryl methyl sites for hydroxylation is 1. The van der Waals surface area contributed by atoms with Gasteiger partial charge in [0, 0.05) is 29.7 Å². The van der Waals surface area contributed by atoms with E-state index >= 15 is 0 Å². The van der Waals surface area contributed by atoms with Crippen LogP contribution < -0.4 is 10.6 Å². The summed E-state index contributed by atoms with van der Waals surface area (Å²) in [6.07, 6.45) is 3.93. The molecule has 1 fully saturated rings. The van der Waals surface area contributed by atoms with Crippen LogP contribution in [0.15, 0.2) is 30.5 Å². The van der Waals surface area contributed by atoms with Gasteiger partial charge in [-0.2, -0.15) is 10.1 Å². The molecule has 7 nitrogen and oxygen atoms in total. The molecule has 0 saturated carbocycles. The second kappa shape index (κ2) is 7.09. The van der Waals surface area contributed by atoms with Gasteiger partial charge in [-0.15, -0.1) is 0 Å². The molecule has 1 aromatic carbocycles. The normalized spacial score (nSPS) is 15.5. The molecule has 2 aromatic heterocycles. The van der Waals surface area contributed by atoms with Crippen LogP contribution in [0.25, 0.3) is 10.9 Å². The summed E-state index contributed by atoms with van der Waals surface area (Å²) in [5.74, 6) is 1.50. The van der Waals surface area contributed by atoms with Gasteiger partial charge in [-0.05, 0) is 49.5 Å². The molecule has 3 heterocycles. The van der Waals surface area contributed by atoms with Crippen molar-refractivity contribution in [3.63, 3.8) is 0 Å². The smallest absolute Gasteiger partial charge is 0.246 e. The Hall–Kier alpha value is -2.38. The molecule has 1 amide bonds. The monoisotopic (exact) mass is 372 g/mol. The Balaban J connectivity index is 1.47. The number of hydrogen-bond donors (Lipinski definition) is 2. The molecule has 0 aliphatic carbocycles. The minimum atomic E-state index is -0.144. The molecule has 0 bridgehead atoms. The van der Waals surface area contributed by atoms with Crippen LogP contribution in [0.5, 0.6) is 0 Å². The third-order valence-electron chi connectivity index (χ3n) is 4.78. The van der Waals surface area contributed by atoms with E-state index in [0.29, 0.717) is 16.9 Å². The van der Waals surface area contributed by atoms with Gasteiger partial charge in [0.2, 0.25) is 11.9 Å². The largest absolute Gasteiger partial charge is 0.338 e. The maximum atomic E-state index is 12.5. The average Bonchev–Trinajstić information content (AvgIpc) is 3.19. The first kappa shape index (κ1) is 17.1. The minimum absolute atomic E-state index is 0.144. The first-order valence-electron chi connectivity index (χ1n) is 8.76. The topological polar surface area (TPSA) is 76.8 Å². The van der Waals surface area contributed by atoms with Crippen LogP contribution in [0.1, 0.15) is 24.6 Å². The molecule has 2 N–H and O–H groups in total. The van der Waals surface area contributed by atoms with Crippen LogP contribution in [0, 0.1) is 0 Å². The number of carbonyl (C=O) groups is 1. The molecule has 4 rings (SSSR count). The van der Waals surface area contributed by atoms with Gasteiger partial charge < -0.3 is 9.88 Å². The highest BCUT2D eigenvalue weighted by Crippen LogP contribution is 2.23. The predicted octanol–water partition coefficient (Wildman–Crippen LogP) is 2.53. The van der Waals surface area contributed by atoms with Crippen molar-refractivity contribution in [1.82, 2.24) is 24.6 Å². The van der Waals surface area contributed by atoms with Crippen LogP contribution in [0.4, 0.5) is 5.95 Å². The molecule has 0 atom stereocenters. The lowest BCUT2D eigenvalue weighted by atomic mass is 9.98. The van der Waals surface area contributed by atoms with Gasteiger partial charge in [-0.25, -0.2) is 4.68 Å². The van der Waals surface area contributed by atoms with E-state index in [1.165, 1.54) is 0 Å². The molecule has 136 valence electrons. The summed E-state index contributed by atoms with van der Waals surface area (Å²) >= 11 is 6.07. The van der Waals surface area contributed by atoms with Crippen molar-refractivity contribution >= 4 is 34.4 Å². The second-order valence-electron chi connectivity index (χ2n) is 6.64. The number of nitrogens with one attached hydrogen (secondary N) is 2. The fraction of sp³-hybridized carbons (Fsp3) is 0.389. The van der Waals surface area contributed by atoms with Crippen LogP contribution >= 0.6 is 11.6 Å². The van der Waals surface area contributed by atoms with Crippen LogP contribution in [-0.2, 0) is 18.4 Å². The molecule has 26 heavy (non-hydrogen) atoms. The quantitative estimate of drug-likeness (QED) is 0.737. The van der Waals surface area contributed by atoms with Crippen molar-refractivity contribution in [2.24, 2.45) is 7.05 Å². The fourth-order valence-electron chi connectivity index (χ4n) is 3.38. The van der Waals surface area contributed by atoms with Crippen molar-refractivity contribution in [2.45, 2.75) is 25.3 Å². The van der Waals surface area contributed by atoms with Gasteiger partial charge in [-0.1, -0.05) is 17.7 Å². The molecule has 1 aliphatic heterocycles. The molecular weight excluding hydrogens is 352 g/mol. The summed E-state index contributed by atoms with van der Waals surface area (Å²) in [7, 11) is 1.80. The number of benzene rings is 1. The fourth-order valence-corrected chi connectivity index (χ4v) is 3.55. The van der Waals surface area contributed by atoms with Gasteiger partial charge in [0.05, 0.1) is 0 Å². The summed E-state index contributed by atoms with van der Waals surface area (Å²) in [4.78, 5) is 17.0. The summed E-state index contributed by atoms with van der Waals surface area (Å²) in [6, 6.07) is 7.62. The van der Waals surface area contributed by atoms with E-state index in [2.05, 4.69) is 20.7 Å². The van der Waals surface area contributed by atoms with Crippen molar-refractivity contribution in [3.8, 4) is 0 Å². The Morgan fingerprint density at radius 3 is 2.96 bits per heavy atom. The van der Waals surface area contributed by atoms with Gasteiger partial charge in [0.1, 0.15) is 6.54 Å². The molecule has 8 heteroatoms. The predicted molar refractivity (Wildman–Crippen MR) is 101 cm³/mol. The van der Waals surface area contributed by atoms with E-state index in [4.69, 9.17) is 11.6 Å². The summed E-state index contributed by atoms with van der Waals surface area (Å²) in [5.41, 5.74) is 0.931. The Morgan fingerprint density at radius 1 is 1.35 bits per heavy atom. The van der Waals surface area contributed by atoms with Gasteiger partial charge in [-0.3, -0.25) is 10.1 Å². The lowest BCUT2D eigenvalue weighted by Crippen LogP contribution is -2.27. The highest BCUT2D eigenvalue weighted by atomic mass is 35.5. The molecular formula is C18H21ClN6O. The zero-order chi connectivity index (χ0) is 18.1. The highest BCUT2D eigenvalue weighted by molar-refractivity contribution is 6.31. The number of rotatable bonds is 4. The number of halogens is 1. The van der Waals surface area contributed by atoms with E-state index in [1.807, 2.05) is 35.0 Å². The maximum Gasteiger partial charge on any atom is 0.246 e. The highest BCUT2D eigenvalue weighted by Gasteiger charge is 2.21. The molecule has 0 unspecified atom stereocenters. The third-order valence-corrected chi connectivity index (χ3v) is 5.02. The van der Waals surface area contributed by atoms with Crippen LogP contribution in [0.3, 0.4) is 0 Å². The van der Waals surface area contributed by atoms with Crippen molar-refractivity contribution in [1.29, 1.82) is 0 Å². The Kier molecular flexibility index (Phi) is 4.65. The van der Waals surface area contributed by atoms with Crippen LogP contribution in [0.2, 0.25) is 5.02 Å². The lowest BCUT2D eigenvalue weighted by molar-refractivity contribution is -0.116. The number of aromatic nitrogens is 4. The number of fused-ring (bicyclic) bond motifs is 1. The first-order chi connectivity index (χ1) is 12.6. The van der Waals surface area contributed by atoms with Gasteiger partial charge in [0.15, 0.2) is 5.82 Å². The SMILES string of the molecule is Cn1nc(C2CCNCC2)nc1NC(=O)Cn1ccc2ccc(Cl)cc21. The Bertz CT molecular complexity index is 940. The molecule has 0 spiro atoms. The first-order valence-corrected chi connectivity index (χ1v) is 9.14. The minimum Gasteiger partial charge on any atom is -0.338 e. The Labute approximate surface area is 156 Å². The van der Waals surface area contributed by atoms with Crippen molar-refractivity contribution in [2.75, 3.05) is 18.4 Å². The molecule has 1 saturated heterocycles. The molecule has 0 radical (unpaired) electrons. The summed E-state index contributed by atoms with van der Waals surface area (Å²) in [5, 5.41) is 12.4. The third kappa shape index (κ3) is 3.45. The number of piperidine rings is 1. The van der Waals surface area contributed by atoms with Crippen molar-refractivity contribution < 1.29 is 4.79 Å². The lowest BCUT2D eigenvalue weighted by Gasteiger charge is -2.19. The summed E-state index contributed by atoms with van der Waals surface area (Å²) < 4.78 is 3.51. The van der Waals surface area contributed by atoms with Crippen LogP contribution in [-0.4, -0.2) is 38.3 Å². The number of hydrogen-bond acceptors (Lipinski definition) is 4. The molecule has 1 aliphatic rings. The van der Waals surface area contributed by atoms with Gasteiger partial charge in [0.25, 0.3) is 0 Å². The van der Waals surface area contributed by atoms with Crippen molar-refractivity contribution in [3.05, 3.63) is 41.3 Å². The Morgan fingerprint density at radius 2 is 2.15 bits per heavy atom. The number of amides is 1.